The number of hydrogen-bond acceptors (Lipinski definition) is 6. The molecule has 0 fully saturated rings. The number of nitro benzene ring substituents is 1. The molecule has 0 atom stereocenters. The standard InChI is InChI=1S/C16H15N3O5/c1-23-14-7-11(8-15(9-14)24-2)10-17-18-16(20)12-3-5-13(6-4-12)19(21)22/h3-10H,1-2H3,(H,18,20)/b17-10-. The van der Waals surface area contributed by atoms with Crippen molar-refractivity contribution in [3.8, 4) is 11.5 Å². The molecule has 2 aromatic rings. The first kappa shape index (κ1) is 16.9. The molecule has 0 heterocycles. The highest BCUT2D eigenvalue weighted by molar-refractivity contribution is 5.95. The maximum Gasteiger partial charge on any atom is 0.271 e. The fourth-order valence-electron chi connectivity index (χ4n) is 1.87. The summed E-state index contributed by atoms with van der Waals surface area (Å²) < 4.78 is 10.3. The maximum atomic E-state index is 11.9. The van der Waals surface area contributed by atoms with Crippen LogP contribution in [0.2, 0.25) is 0 Å². The van der Waals surface area contributed by atoms with Crippen molar-refractivity contribution in [2.75, 3.05) is 14.2 Å². The SMILES string of the molecule is COc1cc(/C=N\NC(=O)c2ccc([N+](=O)[O-])cc2)cc(OC)c1. The van der Waals surface area contributed by atoms with Crippen LogP contribution in [-0.4, -0.2) is 31.3 Å². The normalized spacial score (nSPS) is 10.4. The molecular weight excluding hydrogens is 314 g/mol. The van der Waals surface area contributed by atoms with E-state index in [1.165, 1.54) is 44.7 Å². The number of nitro groups is 1. The molecule has 2 aromatic carbocycles. The Bertz CT molecular complexity index is 750. The number of non-ortho nitro benzene ring substituents is 1. The van der Waals surface area contributed by atoms with E-state index in [9.17, 15) is 14.9 Å². The van der Waals surface area contributed by atoms with Gasteiger partial charge < -0.3 is 9.47 Å². The lowest BCUT2D eigenvalue weighted by atomic mass is 10.2. The number of carbonyl (C=O) groups excluding carboxylic acids is 1. The lowest BCUT2D eigenvalue weighted by Crippen LogP contribution is -2.17. The second kappa shape index (κ2) is 7.73. The summed E-state index contributed by atoms with van der Waals surface area (Å²) in [6, 6.07) is 10.4. The summed E-state index contributed by atoms with van der Waals surface area (Å²) in [5, 5.41) is 14.4. The van der Waals surface area contributed by atoms with Gasteiger partial charge in [-0.1, -0.05) is 0 Å². The average Bonchev–Trinajstić information content (AvgIpc) is 2.61. The summed E-state index contributed by atoms with van der Waals surface area (Å²) in [4.78, 5) is 22.0. The highest BCUT2D eigenvalue weighted by Crippen LogP contribution is 2.21. The summed E-state index contributed by atoms with van der Waals surface area (Å²) in [5.41, 5.74) is 3.21. The van der Waals surface area contributed by atoms with Crippen molar-refractivity contribution in [3.05, 3.63) is 63.7 Å². The van der Waals surface area contributed by atoms with Crippen molar-refractivity contribution in [1.82, 2.24) is 5.43 Å². The molecule has 124 valence electrons. The molecule has 0 aromatic heterocycles. The molecule has 0 unspecified atom stereocenters. The second-order valence-electron chi connectivity index (χ2n) is 4.65. The second-order valence-corrected chi connectivity index (χ2v) is 4.65. The van der Waals surface area contributed by atoms with Crippen LogP contribution in [0.25, 0.3) is 0 Å². The van der Waals surface area contributed by atoms with Gasteiger partial charge in [0.05, 0.1) is 25.4 Å². The van der Waals surface area contributed by atoms with Crippen molar-refractivity contribution in [2.24, 2.45) is 5.10 Å². The van der Waals surface area contributed by atoms with Gasteiger partial charge >= 0.3 is 0 Å². The van der Waals surface area contributed by atoms with Crippen LogP contribution in [0.5, 0.6) is 11.5 Å². The average molecular weight is 329 g/mol. The van der Waals surface area contributed by atoms with Crippen LogP contribution in [-0.2, 0) is 0 Å². The first-order valence-electron chi connectivity index (χ1n) is 6.84. The van der Waals surface area contributed by atoms with Crippen LogP contribution in [0.15, 0.2) is 47.6 Å². The molecule has 2 rings (SSSR count). The summed E-state index contributed by atoms with van der Waals surface area (Å²) in [5.74, 6) is 0.714. The third kappa shape index (κ3) is 4.29. The molecule has 1 amide bonds. The minimum atomic E-state index is -0.532. The molecule has 1 N–H and O–H groups in total. The molecule has 0 radical (unpaired) electrons. The number of nitrogens with zero attached hydrogens (tertiary/aromatic N) is 2. The molecule has 0 bridgehead atoms. The van der Waals surface area contributed by atoms with Crippen LogP contribution in [0.1, 0.15) is 15.9 Å². The first-order chi connectivity index (χ1) is 11.5. The van der Waals surface area contributed by atoms with E-state index in [2.05, 4.69) is 10.5 Å². The van der Waals surface area contributed by atoms with E-state index in [1.54, 1.807) is 18.2 Å². The Morgan fingerprint density at radius 3 is 2.21 bits per heavy atom. The zero-order valence-electron chi connectivity index (χ0n) is 13.1. The Labute approximate surface area is 137 Å². The van der Waals surface area contributed by atoms with Crippen LogP contribution < -0.4 is 14.9 Å². The van der Waals surface area contributed by atoms with Crippen molar-refractivity contribution in [2.45, 2.75) is 0 Å². The van der Waals surface area contributed by atoms with Crippen molar-refractivity contribution in [3.63, 3.8) is 0 Å². The zero-order chi connectivity index (χ0) is 17.5. The van der Waals surface area contributed by atoms with E-state index in [0.717, 1.165) is 0 Å². The maximum absolute atomic E-state index is 11.9. The highest BCUT2D eigenvalue weighted by atomic mass is 16.6. The fraction of sp³-hybridized carbons (Fsp3) is 0.125. The first-order valence-corrected chi connectivity index (χ1v) is 6.84. The van der Waals surface area contributed by atoms with Crippen LogP contribution in [0.4, 0.5) is 5.69 Å². The fourth-order valence-corrected chi connectivity index (χ4v) is 1.87. The van der Waals surface area contributed by atoms with Gasteiger partial charge in [0, 0.05) is 29.3 Å². The quantitative estimate of drug-likeness (QED) is 0.498. The molecule has 0 aliphatic heterocycles. The van der Waals surface area contributed by atoms with E-state index in [1.807, 2.05) is 0 Å². The number of methoxy groups -OCH3 is 2. The molecule has 24 heavy (non-hydrogen) atoms. The summed E-state index contributed by atoms with van der Waals surface area (Å²) >= 11 is 0. The van der Waals surface area contributed by atoms with Crippen molar-refractivity contribution >= 4 is 17.8 Å². The smallest absolute Gasteiger partial charge is 0.271 e. The van der Waals surface area contributed by atoms with Crippen LogP contribution in [0.3, 0.4) is 0 Å². The zero-order valence-corrected chi connectivity index (χ0v) is 13.1. The molecule has 0 aliphatic carbocycles. The van der Waals surface area contributed by atoms with Gasteiger partial charge in [0.25, 0.3) is 11.6 Å². The number of carbonyl (C=O) groups is 1. The number of benzene rings is 2. The van der Waals surface area contributed by atoms with E-state index in [4.69, 9.17) is 9.47 Å². The molecular formula is C16H15N3O5. The minimum Gasteiger partial charge on any atom is -0.497 e. The largest absolute Gasteiger partial charge is 0.497 e. The molecule has 8 nitrogen and oxygen atoms in total. The number of rotatable bonds is 6. The number of amides is 1. The van der Waals surface area contributed by atoms with Gasteiger partial charge in [0.15, 0.2) is 0 Å². The van der Waals surface area contributed by atoms with Gasteiger partial charge in [-0.2, -0.15) is 5.10 Å². The van der Waals surface area contributed by atoms with E-state index in [0.29, 0.717) is 17.1 Å². The molecule has 0 saturated heterocycles. The van der Waals surface area contributed by atoms with Crippen LogP contribution in [0, 0.1) is 10.1 Å². The molecule has 0 aliphatic rings. The number of hydrazone groups is 1. The van der Waals surface area contributed by atoms with Gasteiger partial charge in [-0.15, -0.1) is 0 Å². The summed E-state index contributed by atoms with van der Waals surface area (Å²) in [6.07, 6.45) is 1.44. The topological polar surface area (TPSA) is 103 Å². The lowest BCUT2D eigenvalue weighted by Gasteiger charge is -2.05. The molecule has 8 heteroatoms. The lowest BCUT2D eigenvalue weighted by molar-refractivity contribution is -0.384. The highest BCUT2D eigenvalue weighted by Gasteiger charge is 2.08. The van der Waals surface area contributed by atoms with Gasteiger partial charge in [0.2, 0.25) is 0 Å². The Balaban J connectivity index is 2.05. The van der Waals surface area contributed by atoms with Gasteiger partial charge in [-0.05, 0) is 24.3 Å². The molecule has 0 spiro atoms. The number of ether oxygens (including phenoxy) is 2. The van der Waals surface area contributed by atoms with E-state index in [-0.39, 0.29) is 11.3 Å². The third-order valence-electron chi connectivity index (χ3n) is 3.09. The van der Waals surface area contributed by atoms with Crippen molar-refractivity contribution in [1.29, 1.82) is 0 Å². The Morgan fingerprint density at radius 1 is 1.12 bits per heavy atom. The predicted octanol–water partition coefficient (Wildman–Crippen LogP) is 2.38. The van der Waals surface area contributed by atoms with Gasteiger partial charge in [0.1, 0.15) is 11.5 Å². The summed E-state index contributed by atoms with van der Waals surface area (Å²) in [7, 11) is 3.07. The Hall–Kier alpha value is -3.42. The monoisotopic (exact) mass is 329 g/mol. The minimum absolute atomic E-state index is 0.0847. The van der Waals surface area contributed by atoms with Gasteiger partial charge in [-0.25, -0.2) is 5.43 Å². The van der Waals surface area contributed by atoms with E-state index >= 15 is 0 Å². The molecule has 0 saturated carbocycles. The third-order valence-corrected chi connectivity index (χ3v) is 3.09. The Kier molecular flexibility index (Phi) is 5.45. The number of nitrogens with one attached hydrogen (secondary N) is 1. The Morgan fingerprint density at radius 2 is 1.71 bits per heavy atom. The number of hydrogen-bond donors (Lipinski definition) is 1. The van der Waals surface area contributed by atoms with Gasteiger partial charge in [-0.3, -0.25) is 14.9 Å². The predicted molar refractivity (Wildman–Crippen MR) is 87.7 cm³/mol. The van der Waals surface area contributed by atoms with Crippen molar-refractivity contribution < 1.29 is 19.2 Å². The van der Waals surface area contributed by atoms with Crippen LogP contribution >= 0.6 is 0 Å². The van der Waals surface area contributed by atoms with E-state index < -0.39 is 10.8 Å². The summed E-state index contributed by atoms with van der Waals surface area (Å²) in [6.45, 7) is 0.